The Kier molecular flexibility index (Phi) is 4.28. The van der Waals surface area contributed by atoms with Crippen molar-refractivity contribution < 1.29 is 18.3 Å². The van der Waals surface area contributed by atoms with Gasteiger partial charge in [0.25, 0.3) is 0 Å². The van der Waals surface area contributed by atoms with Crippen LogP contribution in [-0.2, 0) is 21.1 Å². The van der Waals surface area contributed by atoms with Gasteiger partial charge in [0, 0.05) is 0 Å². The zero-order chi connectivity index (χ0) is 13.1. The molecule has 4 nitrogen and oxygen atoms in total. The lowest BCUT2D eigenvalue weighted by atomic mass is 10.0. The summed E-state index contributed by atoms with van der Waals surface area (Å²) in [7, 11) is -3.51. The number of rotatable bonds is 5. The number of carboxylic acid groups (broad SMARTS) is 1. The molecule has 0 unspecified atom stereocenters. The second kappa shape index (κ2) is 5.31. The molecule has 0 radical (unpaired) electrons. The van der Waals surface area contributed by atoms with Crippen molar-refractivity contribution in [1.29, 1.82) is 0 Å². The highest BCUT2D eigenvalue weighted by Crippen LogP contribution is 2.14. The molecule has 0 aliphatic carbocycles. The van der Waals surface area contributed by atoms with Gasteiger partial charge in [0.15, 0.2) is 9.84 Å². The molecule has 0 aliphatic heterocycles. The maximum Gasteiger partial charge on any atom is 0.318 e. The van der Waals surface area contributed by atoms with Gasteiger partial charge in [-0.1, -0.05) is 18.2 Å². The first kappa shape index (κ1) is 13.7. The molecule has 0 saturated heterocycles. The van der Waals surface area contributed by atoms with Gasteiger partial charge in [-0.3, -0.25) is 4.79 Å². The summed E-state index contributed by atoms with van der Waals surface area (Å²) in [5, 5.41) is 8.47. The molecule has 94 valence electrons. The molecule has 0 bridgehead atoms. The second-order valence-electron chi connectivity index (χ2n) is 4.09. The minimum absolute atomic E-state index is 0.121. The fraction of sp³-hybridized carbons (Fsp3) is 0.417. The van der Waals surface area contributed by atoms with Gasteiger partial charge >= 0.3 is 5.97 Å². The molecule has 0 amide bonds. The van der Waals surface area contributed by atoms with Gasteiger partial charge in [-0.2, -0.15) is 0 Å². The first-order valence-electron chi connectivity index (χ1n) is 5.29. The Morgan fingerprint density at radius 3 is 2.53 bits per heavy atom. The Balaban J connectivity index is 2.74. The number of aliphatic carboxylic acids is 1. The Labute approximate surface area is 101 Å². The van der Waals surface area contributed by atoms with Gasteiger partial charge in [0.05, 0.1) is 5.75 Å². The molecule has 1 aromatic rings. The lowest BCUT2D eigenvalue weighted by molar-refractivity contribution is -0.134. The molecule has 1 N–H and O–H groups in total. The molecule has 17 heavy (non-hydrogen) atoms. The van der Waals surface area contributed by atoms with Crippen molar-refractivity contribution in [3.8, 4) is 0 Å². The van der Waals surface area contributed by atoms with Crippen LogP contribution in [0.2, 0.25) is 0 Å². The van der Waals surface area contributed by atoms with Crippen molar-refractivity contribution in [3.63, 3.8) is 0 Å². The summed E-state index contributed by atoms with van der Waals surface area (Å²) in [6, 6.07) is 5.71. The van der Waals surface area contributed by atoms with Crippen LogP contribution in [0, 0.1) is 13.8 Å². The van der Waals surface area contributed by atoms with Gasteiger partial charge in [-0.05, 0) is 37.0 Å². The van der Waals surface area contributed by atoms with E-state index in [0.29, 0.717) is 6.42 Å². The van der Waals surface area contributed by atoms with E-state index < -0.39 is 21.6 Å². The Morgan fingerprint density at radius 1 is 1.29 bits per heavy atom. The van der Waals surface area contributed by atoms with E-state index in [0.717, 1.165) is 16.7 Å². The number of hydrogen-bond acceptors (Lipinski definition) is 3. The van der Waals surface area contributed by atoms with Gasteiger partial charge < -0.3 is 5.11 Å². The highest BCUT2D eigenvalue weighted by Gasteiger charge is 2.16. The van der Waals surface area contributed by atoms with E-state index in [1.54, 1.807) is 0 Å². The molecule has 0 saturated carbocycles. The molecule has 1 rings (SSSR count). The van der Waals surface area contributed by atoms with E-state index in [2.05, 4.69) is 0 Å². The molecule has 0 heterocycles. The summed E-state index contributed by atoms with van der Waals surface area (Å²) in [5.41, 5.74) is 3.13. The van der Waals surface area contributed by atoms with Crippen molar-refractivity contribution in [2.24, 2.45) is 0 Å². The summed E-state index contributed by atoms with van der Waals surface area (Å²) < 4.78 is 22.9. The number of aryl methyl sites for hydroxylation is 2. The highest BCUT2D eigenvalue weighted by atomic mass is 32.2. The number of carbonyl (C=O) groups is 1. The van der Waals surface area contributed by atoms with Crippen LogP contribution < -0.4 is 0 Å². The van der Waals surface area contributed by atoms with E-state index in [1.807, 2.05) is 32.0 Å². The van der Waals surface area contributed by atoms with E-state index >= 15 is 0 Å². The summed E-state index contributed by atoms with van der Waals surface area (Å²) in [6.07, 6.45) is 0.364. The molecular formula is C12H16O4S. The molecule has 0 atom stereocenters. The van der Waals surface area contributed by atoms with Crippen molar-refractivity contribution in [1.82, 2.24) is 0 Å². The predicted molar refractivity (Wildman–Crippen MR) is 65.9 cm³/mol. The number of sulfone groups is 1. The Bertz CT molecular complexity index is 517. The monoisotopic (exact) mass is 256 g/mol. The molecule has 1 aromatic carbocycles. The maximum absolute atomic E-state index is 11.4. The third-order valence-corrected chi connectivity index (χ3v) is 4.26. The quantitative estimate of drug-likeness (QED) is 0.863. The molecule has 0 aromatic heterocycles. The van der Waals surface area contributed by atoms with Crippen LogP contribution in [-0.4, -0.2) is 31.0 Å². The predicted octanol–water partition coefficient (Wildman–Crippen LogP) is 1.35. The fourth-order valence-electron chi connectivity index (χ4n) is 1.61. The summed E-state index contributed by atoms with van der Waals surface area (Å²) >= 11 is 0. The third-order valence-electron chi connectivity index (χ3n) is 2.74. The van der Waals surface area contributed by atoms with Crippen molar-refractivity contribution >= 4 is 15.8 Å². The van der Waals surface area contributed by atoms with Crippen LogP contribution >= 0.6 is 0 Å². The van der Waals surface area contributed by atoms with Crippen molar-refractivity contribution in [2.45, 2.75) is 20.3 Å². The standard InChI is InChI=1S/C12H16O4S/c1-9-4-3-5-11(10(9)2)6-7-17(15,16)8-12(13)14/h3-5H,6-8H2,1-2H3,(H,13,14). The highest BCUT2D eigenvalue weighted by molar-refractivity contribution is 7.92. The SMILES string of the molecule is Cc1cccc(CCS(=O)(=O)CC(=O)O)c1C. The Morgan fingerprint density at radius 2 is 1.94 bits per heavy atom. The average Bonchev–Trinajstić information content (AvgIpc) is 2.18. The van der Waals surface area contributed by atoms with Gasteiger partial charge in [0.1, 0.15) is 5.75 Å². The van der Waals surface area contributed by atoms with Crippen LogP contribution in [0.1, 0.15) is 16.7 Å². The normalized spacial score (nSPS) is 11.4. The first-order chi connectivity index (χ1) is 7.82. The van der Waals surface area contributed by atoms with Gasteiger partial charge in [-0.15, -0.1) is 0 Å². The largest absolute Gasteiger partial charge is 0.480 e. The number of carboxylic acids is 1. The maximum atomic E-state index is 11.4. The average molecular weight is 256 g/mol. The lowest BCUT2D eigenvalue weighted by Crippen LogP contribution is -2.19. The fourth-order valence-corrected chi connectivity index (χ4v) is 2.66. The van der Waals surface area contributed by atoms with E-state index in [9.17, 15) is 13.2 Å². The van der Waals surface area contributed by atoms with Gasteiger partial charge in [-0.25, -0.2) is 8.42 Å². The number of hydrogen-bond donors (Lipinski definition) is 1. The van der Waals surface area contributed by atoms with Crippen molar-refractivity contribution in [3.05, 3.63) is 34.9 Å². The molecule has 5 heteroatoms. The zero-order valence-electron chi connectivity index (χ0n) is 9.93. The minimum atomic E-state index is -3.51. The molecule has 0 fully saturated rings. The van der Waals surface area contributed by atoms with Crippen LogP contribution in [0.25, 0.3) is 0 Å². The molecule has 0 spiro atoms. The number of benzene rings is 1. The topological polar surface area (TPSA) is 71.4 Å². The summed E-state index contributed by atoms with van der Waals surface area (Å²) in [5.74, 6) is -2.22. The van der Waals surface area contributed by atoms with Gasteiger partial charge in [0.2, 0.25) is 0 Å². The first-order valence-corrected chi connectivity index (χ1v) is 7.11. The van der Waals surface area contributed by atoms with Crippen LogP contribution in [0.4, 0.5) is 0 Å². The van der Waals surface area contributed by atoms with E-state index in [-0.39, 0.29) is 5.75 Å². The summed E-state index contributed by atoms with van der Waals surface area (Å²) in [4.78, 5) is 10.4. The molecular weight excluding hydrogens is 240 g/mol. The third kappa shape index (κ3) is 4.19. The van der Waals surface area contributed by atoms with Crippen LogP contribution in [0.5, 0.6) is 0 Å². The Hall–Kier alpha value is -1.36. The minimum Gasteiger partial charge on any atom is -0.480 e. The smallest absolute Gasteiger partial charge is 0.318 e. The lowest BCUT2D eigenvalue weighted by Gasteiger charge is -2.08. The van der Waals surface area contributed by atoms with Crippen LogP contribution in [0.15, 0.2) is 18.2 Å². The van der Waals surface area contributed by atoms with E-state index in [4.69, 9.17) is 5.11 Å². The zero-order valence-corrected chi connectivity index (χ0v) is 10.8. The second-order valence-corrected chi connectivity index (χ2v) is 6.28. The van der Waals surface area contributed by atoms with Crippen molar-refractivity contribution in [2.75, 3.05) is 11.5 Å². The summed E-state index contributed by atoms with van der Waals surface area (Å²) in [6.45, 7) is 3.90. The van der Waals surface area contributed by atoms with E-state index in [1.165, 1.54) is 0 Å². The molecule has 0 aliphatic rings. The van der Waals surface area contributed by atoms with Crippen LogP contribution in [0.3, 0.4) is 0 Å².